The first-order chi connectivity index (χ1) is 17.2. The van der Waals surface area contributed by atoms with Crippen molar-refractivity contribution in [3.05, 3.63) is 94.8 Å². The average molecular weight is 500 g/mol. The molecular weight excluding hydrogens is 461 g/mol. The Bertz CT molecular complexity index is 1030. The molecule has 0 aliphatic heterocycles. The molecule has 0 unspecified atom stereocenters. The molecule has 0 bridgehead atoms. The molecule has 8 nitrogen and oxygen atoms in total. The second kappa shape index (κ2) is 18.4. The zero-order valence-electron chi connectivity index (χ0n) is 21.9. The van der Waals surface area contributed by atoms with Crippen molar-refractivity contribution < 1.29 is 18.7 Å². The van der Waals surface area contributed by atoms with E-state index in [0.717, 1.165) is 11.1 Å². The number of amides is 1. The first-order valence-corrected chi connectivity index (χ1v) is 11.5. The summed E-state index contributed by atoms with van der Waals surface area (Å²) in [5.41, 5.74) is 8.92. The summed E-state index contributed by atoms with van der Waals surface area (Å²) in [6, 6.07) is 12.8. The van der Waals surface area contributed by atoms with E-state index in [2.05, 4.69) is 15.2 Å². The lowest BCUT2D eigenvalue weighted by Gasteiger charge is -2.14. The molecule has 2 rings (SSSR count). The third-order valence-corrected chi connectivity index (χ3v) is 4.30. The number of rotatable bonds is 8. The van der Waals surface area contributed by atoms with Gasteiger partial charge in [0.15, 0.2) is 5.84 Å². The van der Waals surface area contributed by atoms with Gasteiger partial charge in [-0.3, -0.25) is 9.59 Å². The fourth-order valence-electron chi connectivity index (χ4n) is 2.47. The highest BCUT2D eigenvalue weighted by molar-refractivity contribution is 6.01. The van der Waals surface area contributed by atoms with Crippen LogP contribution in [-0.2, 0) is 16.1 Å². The Hall–Kier alpha value is -3.98. The zero-order valence-corrected chi connectivity index (χ0v) is 21.9. The van der Waals surface area contributed by atoms with E-state index in [0.29, 0.717) is 17.7 Å². The maximum atomic E-state index is 13.0. The van der Waals surface area contributed by atoms with Crippen molar-refractivity contribution in [3.8, 4) is 0 Å². The minimum atomic E-state index is -0.317. The molecule has 2 aromatic carbocycles. The van der Waals surface area contributed by atoms with Gasteiger partial charge in [-0.1, -0.05) is 61.9 Å². The van der Waals surface area contributed by atoms with Crippen molar-refractivity contribution in [2.45, 2.75) is 41.2 Å². The molecule has 0 fully saturated rings. The lowest BCUT2D eigenvalue weighted by atomic mass is 10.1. The Morgan fingerprint density at radius 1 is 1.11 bits per heavy atom. The first kappa shape index (κ1) is 32.0. The van der Waals surface area contributed by atoms with E-state index in [9.17, 15) is 14.0 Å². The van der Waals surface area contributed by atoms with Crippen LogP contribution in [0.3, 0.4) is 0 Å². The van der Waals surface area contributed by atoms with Crippen LogP contribution in [0.25, 0.3) is 0 Å². The van der Waals surface area contributed by atoms with Gasteiger partial charge in [-0.2, -0.15) is 0 Å². The maximum Gasteiger partial charge on any atom is 0.302 e. The smallest absolute Gasteiger partial charge is 0.302 e. The number of nitrogens with two attached hydrogens (primary N) is 2. The molecule has 0 aromatic heterocycles. The molecule has 0 atom stereocenters. The number of carbonyl (C=O) groups excluding carboxylic acids is 2. The molecule has 0 saturated carbocycles. The molecule has 36 heavy (non-hydrogen) atoms. The summed E-state index contributed by atoms with van der Waals surface area (Å²) in [5, 5.41) is 8.17. The molecule has 1 amide bonds. The van der Waals surface area contributed by atoms with Gasteiger partial charge < -0.3 is 15.8 Å². The number of allylic oxidation sites excluding steroid dienone is 3. The number of methoxy groups -OCH3 is 1. The van der Waals surface area contributed by atoms with Gasteiger partial charge in [-0.25, -0.2) is 15.4 Å². The number of nitrogens with zero attached hydrogens (tertiary/aromatic N) is 2. The summed E-state index contributed by atoms with van der Waals surface area (Å²) in [7, 11) is 1.35. The number of hydrogen-bond acceptors (Lipinski definition) is 6. The maximum absolute atomic E-state index is 13.0. The highest BCUT2D eigenvalue weighted by Crippen LogP contribution is 2.08. The molecule has 0 radical (unpaired) electrons. The molecule has 0 aliphatic carbocycles. The number of ether oxygens (including phenoxy) is 1. The third kappa shape index (κ3) is 13.7. The second-order valence-corrected chi connectivity index (χ2v) is 7.21. The fraction of sp³-hybridized carbons (Fsp3) is 0.296. The number of hydrazine groups is 1. The molecule has 0 saturated heterocycles. The number of halogens is 1. The van der Waals surface area contributed by atoms with Gasteiger partial charge in [0.05, 0.1) is 13.7 Å². The summed E-state index contributed by atoms with van der Waals surface area (Å²) in [6.07, 6.45) is 5.79. The van der Waals surface area contributed by atoms with E-state index in [4.69, 9.17) is 11.6 Å². The van der Waals surface area contributed by atoms with Crippen molar-refractivity contribution in [1.82, 2.24) is 10.4 Å². The highest BCUT2D eigenvalue weighted by atomic mass is 19.1. The monoisotopic (exact) mass is 499 g/mol. The highest BCUT2D eigenvalue weighted by Gasteiger charge is 2.09. The number of hydrogen-bond donors (Lipinski definition) is 3. The van der Waals surface area contributed by atoms with E-state index >= 15 is 0 Å². The third-order valence-electron chi connectivity index (χ3n) is 4.30. The molecule has 5 N–H and O–H groups in total. The minimum Gasteiger partial charge on any atom is -0.469 e. The Kier molecular flexibility index (Phi) is 16.3. The number of nitrogens with one attached hydrogen (secondary N) is 1. The van der Waals surface area contributed by atoms with Crippen molar-refractivity contribution in [1.29, 1.82) is 0 Å². The Balaban J connectivity index is 0.00000156. The van der Waals surface area contributed by atoms with Crippen LogP contribution in [0, 0.1) is 5.82 Å². The largest absolute Gasteiger partial charge is 0.469 e. The topological polar surface area (TPSA) is 123 Å². The van der Waals surface area contributed by atoms with E-state index in [1.807, 2.05) is 45.9 Å². The predicted molar refractivity (Wildman–Crippen MR) is 143 cm³/mol. The van der Waals surface area contributed by atoms with Crippen LogP contribution in [0.15, 0.2) is 77.4 Å². The molecule has 196 valence electrons. The number of amidine groups is 1. The molecule has 0 aliphatic rings. The van der Waals surface area contributed by atoms with E-state index in [1.54, 1.807) is 36.4 Å². The van der Waals surface area contributed by atoms with Crippen LogP contribution in [0.5, 0.6) is 0 Å². The number of carbonyl (C=O) groups is 2. The molecule has 9 heteroatoms. The van der Waals surface area contributed by atoms with Gasteiger partial charge in [-0.15, -0.1) is 5.10 Å². The van der Waals surface area contributed by atoms with Gasteiger partial charge in [-0.05, 0) is 43.7 Å². The predicted octanol–water partition coefficient (Wildman–Crippen LogP) is 4.28. The van der Waals surface area contributed by atoms with Gasteiger partial charge in [0.25, 0.3) is 5.91 Å². The normalized spacial score (nSPS) is 11.0. The average Bonchev–Trinajstić information content (AvgIpc) is 2.88. The van der Waals surface area contributed by atoms with Crippen LogP contribution in [0.2, 0.25) is 0 Å². The Morgan fingerprint density at radius 2 is 1.69 bits per heavy atom. The van der Waals surface area contributed by atoms with E-state index in [-0.39, 0.29) is 30.1 Å². The molecule has 0 heterocycles. The minimum absolute atomic E-state index is 0.174. The summed E-state index contributed by atoms with van der Waals surface area (Å²) < 4.78 is 17.1. The Labute approximate surface area is 213 Å². The Morgan fingerprint density at radius 3 is 2.25 bits per heavy atom. The van der Waals surface area contributed by atoms with Gasteiger partial charge in [0, 0.05) is 24.6 Å². The molecule has 0 spiro atoms. The molecule has 2 aromatic rings. The van der Waals surface area contributed by atoms with Crippen LogP contribution in [0.4, 0.5) is 4.39 Å². The zero-order chi connectivity index (χ0) is 27.5. The van der Waals surface area contributed by atoms with Crippen molar-refractivity contribution in [3.63, 3.8) is 0 Å². The summed E-state index contributed by atoms with van der Waals surface area (Å²) in [4.78, 5) is 22.0. The van der Waals surface area contributed by atoms with Gasteiger partial charge in [0.2, 0.25) is 0 Å². The van der Waals surface area contributed by atoms with Crippen LogP contribution < -0.4 is 16.9 Å². The second-order valence-electron chi connectivity index (χ2n) is 7.21. The summed E-state index contributed by atoms with van der Waals surface area (Å²) in [6.45, 7) is 9.95. The van der Waals surface area contributed by atoms with Crippen LogP contribution >= 0.6 is 0 Å². The summed E-state index contributed by atoms with van der Waals surface area (Å²) in [5.74, 6) is 5.29. The van der Waals surface area contributed by atoms with Gasteiger partial charge >= 0.3 is 5.97 Å². The number of benzene rings is 2. The quantitative estimate of drug-likeness (QED) is 0.124. The van der Waals surface area contributed by atoms with Crippen molar-refractivity contribution in [2.24, 2.45) is 16.7 Å². The molecular formula is C27H38FN5O3. The van der Waals surface area contributed by atoms with E-state index < -0.39 is 0 Å². The van der Waals surface area contributed by atoms with Crippen molar-refractivity contribution >= 4 is 17.7 Å². The standard InChI is InChI=1S/C22H26FN5O.C3H6O2.C2H6/c1-3-4-6-16(2)14-26-22(29)19-8-5-7-18(13-19)21(24)27-28(25)15-17-9-11-20(23)12-10-17;1-3(4)5-2;1-2/h3-13H,14-15,25H2,1-2H3,(H2,24,27)(H,26,29);1-2H3;1-2H3/b4-3-,16-6+;;. The fourth-order valence-corrected chi connectivity index (χ4v) is 2.47. The van der Waals surface area contributed by atoms with E-state index in [1.165, 1.54) is 31.3 Å². The van der Waals surface area contributed by atoms with Crippen LogP contribution in [-0.4, -0.2) is 36.5 Å². The lowest BCUT2D eigenvalue weighted by Crippen LogP contribution is -2.29. The first-order valence-electron chi connectivity index (χ1n) is 11.5. The van der Waals surface area contributed by atoms with Crippen molar-refractivity contribution in [2.75, 3.05) is 13.7 Å². The number of esters is 1. The van der Waals surface area contributed by atoms with Crippen LogP contribution in [0.1, 0.15) is 56.1 Å². The summed E-state index contributed by atoms with van der Waals surface area (Å²) >= 11 is 0. The lowest BCUT2D eigenvalue weighted by molar-refractivity contribution is -0.137. The number of hydrazone groups is 1. The SMILES string of the molecule is C/C=C\C=C(/C)CNC(=O)c1cccc(/C(N)=N/N(N)Cc2ccc(F)cc2)c1.CC.COC(C)=O. The van der Waals surface area contributed by atoms with Gasteiger partial charge in [0.1, 0.15) is 5.82 Å².